The summed E-state index contributed by atoms with van der Waals surface area (Å²) in [6, 6.07) is 14.9. The van der Waals surface area contributed by atoms with E-state index in [1.807, 2.05) is 0 Å². The third-order valence-electron chi connectivity index (χ3n) is 4.94. The van der Waals surface area contributed by atoms with Crippen LogP contribution >= 0.6 is 15.9 Å². The lowest BCUT2D eigenvalue weighted by Gasteiger charge is -2.14. The predicted molar refractivity (Wildman–Crippen MR) is 127 cm³/mol. The van der Waals surface area contributed by atoms with Crippen LogP contribution in [0.25, 0.3) is 11.0 Å². The second-order valence-corrected chi connectivity index (χ2v) is 9.66. The van der Waals surface area contributed by atoms with Gasteiger partial charge in [0.15, 0.2) is 5.82 Å². The van der Waals surface area contributed by atoms with E-state index in [9.17, 15) is 18.5 Å². The molecule has 0 N–H and O–H groups in total. The summed E-state index contributed by atoms with van der Waals surface area (Å²) in [5.74, 6) is 0.992. The van der Waals surface area contributed by atoms with E-state index in [4.69, 9.17) is 14.2 Å². The van der Waals surface area contributed by atoms with E-state index in [1.165, 1.54) is 56.7 Å². The topological polar surface area (TPSA) is 123 Å². The summed E-state index contributed by atoms with van der Waals surface area (Å²) < 4.78 is 45.6. The first-order valence-electron chi connectivity index (χ1n) is 9.76. The number of fused-ring (bicyclic) bond motifs is 1. The minimum atomic E-state index is -4.17. The Hall–Kier alpha value is -3.64. The molecule has 1 heterocycles. The van der Waals surface area contributed by atoms with E-state index in [0.717, 1.165) is 8.45 Å². The highest BCUT2D eigenvalue weighted by Gasteiger charge is 2.28. The molecule has 4 rings (SSSR count). The first-order chi connectivity index (χ1) is 16.2. The van der Waals surface area contributed by atoms with Crippen molar-refractivity contribution in [1.29, 1.82) is 0 Å². The third kappa shape index (κ3) is 4.41. The molecular formula is C22H18BrN3O7S. The number of nitrogens with zero attached hydrogens (tertiary/aromatic N) is 3. The van der Waals surface area contributed by atoms with Crippen molar-refractivity contribution in [2.75, 3.05) is 14.2 Å². The largest absolute Gasteiger partial charge is 0.497 e. The fraction of sp³-hybridized carbons (Fsp3) is 0.136. The molecule has 0 aliphatic rings. The number of aromatic nitrogens is 2. The van der Waals surface area contributed by atoms with Crippen LogP contribution in [-0.2, 0) is 16.6 Å². The zero-order chi connectivity index (χ0) is 24.5. The highest BCUT2D eigenvalue weighted by Crippen LogP contribution is 2.33. The van der Waals surface area contributed by atoms with Crippen molar-refractivity contribution < 1.29 is 27.6 Å². The molecule has 0 aliphatic carbocycles. The lowest BCUT2D eigenvalue weighted by molar-refractivity contribution is -0.384. The molecule has 1 aromatic heterocycles. The van der Waals surface area contributed by atoms with Crippen molar-refractivity contribution in [2.24, 2.45) is 0 Å². The average Bonchev–Trinajstić information content (AvgIpc) is 3.20. The van der Waals surface area contributed by atoms with Gasteiger partial charge in [0, 0.05) is 22.7 Å². The molecule has 4 aromatic rings. The number of non-ortho nitro benzene ring substituents is 1. The fourth-order valence-electron chi connectivity index (χ4n) is 3.34. The Kier molecular flexibility index (Phi) is 6.44. The number of nitro benzene ring substituents is 1. The Labute approximate surface area is 203 Å². The van der Waals surface area contributed by atoms with Gasteiger partial charge in [-0.2, -0.15) is 0 Å². The predicted octanol–water partition coefficient (Wildman–Crippen LogP) is 4.54. The van der Waals surface area contributed by atoms with Crippen molar-refractivity contribution in [2.45, 2.75) is 11.5 Å². The SMILES string of the molecule is COc1ccc(S(=O)(=O)n2c(COc3ccc([N+](=O)[O-])cc3)nc3cc(Br)ccc32)c(OC)c1. The van der Waals surface area contributed by atoms with Gasteiger partial charge >= 0.3 is 0 Å². The highest BCUT2D eigenvalue weighted by atomic mass is 79.9. The highest BCUT2D eigenvalue weighted by molar-refractivity contribution is 9.10. The van der Waals surface area contributed by atoms with Gasteiger partial charge in [0.25, 0.3) is 15.7 Å². The average molecular weight is 548 g/mol. The zero-order valence-corrected chi connectivity index (χ0v) is 20.4. The summed E-state index contributed by atoms with van der Waals surface area (Å²) in [4.78, 5) is 14.7. The monoisotopic (exact) mass is 547 g/mol. The second-order valence-electron chi connectivity index (χ2n) is 6.99. The van der Waals surface area contributed by atoms with E-state index < -0.39 is 14.9 Å². The van der Waals surface area contributed by atoms with Crippen LogP contribution in [0.2, 0.25) is 0 Å². The van der Waals surface area contributed by atoms with Gasteiger partial charge in [-0.3, -0.25) is 10.1 Å². The van der Waals surface area contributed by atoms with Crippen molar-refractivity contribution in [3.05, 3.63) is 81.1 Å². The molecule has 176 valence electrons. The first-order valence-corrected chi connectivity index (χ1v) is 12.0. The first kappa shape index (κ1) is 23.5. The van der Waals surface area contributed by atoms with Crippen molar-refractivity contribution in [1.82, 2.24) is 8.96 Å². The van der Waals surface area contributed by atoms with E-state index in [2.05, 4.69) is 20.9 Å². The molecule has 0 spiro atoms. The maximum absolute atomic E-state index is 13.8. The number of rotatable bonds is 8. The van der Waals surface area contributed by atoms with Crippen LogP contribution in [0, 0.1) is 10.1 Å². The number of halogens is 1. The number of hydrogen-bond acceptors (Lipinski definition) is 8. The summed E-state index contributed by atoms with van der Waals surface area (Å²) in [5.41, 5.74) is 0.703. The van der Waals surface area contributed by atoms with Gasteiger partial charge in [-0.1, -0.05) is 15.9 Å². The lowest BCUT2D eigenvalue weighted by atomic mass is 10.3. The van der Waals surface area contributed by atoms with E-state index in [1.54, 1.807) is 18.2 Å². The summed E-state index contributed by atoms with van der Waals surface area (Å²) in [5, 5.41) is 10.9. The number of imidazole rings is 1. The van der Waals surface area contributed by atoms with Gasteiger partial charge in [0.05, 0.1) is 30.2 Å². The van der Waals surface area contributed by atoms with E-state index >= 15 is 0 Å². The maximum atomic E-state index is 13.8. The Morgan fingerprint density at radius 1 is 1.00 bits per heavy atom. The number of ether oxygens (including phenoxy) is 3. The lowest BCUT2D eigenvalue weighted by Crippen LogP contribution is -2.18. The maximum Gasteiger partial charge on any atom is 0.273 e. The van der Waals surface area contributed by atoms with Gasteiger partial charge in [0.2, 0.25) is 0 Å². The van der Waals surface area contributed by atoms with Gasteiger partial charge in [-0.15, -0.1) is 0 Å². The summed E-state index contributed by atoms with van der Waals surface area (Å²) in [7, 11) is -1.33. The van der Waals surface area contributed by atoms with Crippen molar-refractivity contribution in [3.8, 4) is 17.2 Å². The number of benzene rings is 3. The molecule has 0 fully saturated rings. The van der Waals surface area contributed by atoms with Gasteiger partial charge in [0.1, 0.15) is 28.8 Å². The summed E-state index contributed by atoms with van der Waals surface area (Å²) in [6.07, 6.45) is 0. The molecule has 0 aliphatic heterocycles. The second kappa shape index (κ2) is 9.31. The van der Waals surface area contributed by atoms with Crippen LogP contribution in [-0.4, -0.2) is 36.5 Å². The Morgan fingerprint density at radius 2 is 1.71 bits per heavy atom. The molecule has 0 atom stereocenters. The van der Waals surface area contributed by atoms with Gasteiger partial charge < -0.3 is 14.2 Å². The van der Waals surface area contributed by atoms with Crippen LogP contribution in [0.4, 0.5) is 5.69 Å². The Bertz CT molecular complexity index is 1480. The van der Waals surface area contributed by atoms with E-state index in [-0.39, 0.29) is 28.8 Å². The van der Waals surface area contributed by atoms with E-state index in [0.29, 0.717) is 22.5 Å². The molecule has 0 amide bonds. The van der Waals surface area contributed by atoms with Crippen LogP contribution in [0.3, 0.4) is 0 Å². The minimum absolute atomic E-state index is 0.0744. The zero-order valence-electron chi connectivity index (χ0n) is 18.0. The normalized spacial score (nSPS) is 11.4. The Balaban J connectivity index is 1.80. The number of methoxy groups -OCH3 is 2. The smallest absolute Gasteiger partial charge is 0.273 e. The Morgan fingerprint density at radius 3 is 2.35 bits per heavy atom. The molecule has 34 heavy (non-hydrogen) atoms. The summed E-state index contributed by atoms with van der Waals surface area (Å²) >= 11 is 3.38. The molecule has 12 heteroatoms. The van der Waals surface area contributed by atoms with Gasteiger partial charge in [-0.25, -0.2) is 17.4 Å². The molecule has 0 radical (unpaired) electrons. The number of nitro groups is 1. The van der Waals surface area contributed by atoms with Crippen LogP contribution in [0.1, 0.15) is 5.82 Å². The third-order valence-corrected chi connectivity index (χ3v) is 7.22. The fourth-order valence-corrected chi connectivity index (χ4v) is 5.31. The van der Waals surface area contributed by atoms with Crippen molar-refractivity contribution in [3.63, 3.8) is 0 Å². The molecular weight excluding hydrogens is 530 g/mol. The summed E-state index contributed by atoms with van der Waals surface area (Å²) in [6.45, 7) is -0.207. The molecule has 0 saturated heterocycles. The molecule has 0 unspecified atom stereocenters. The molecule has 3 aromatic carbocycles. The quantitative estimate of drug-likeness (QED) is 0.232. The molecule has 0 bridgehead atoms. The van der Waals surface area contributed by atoms with Crippen LogP contribution < -0.4 is 14.2 Å². The molecule has 0 saturated carbocycles. The molecule has 10 nitrogen and oxygen atoms in total. The number of hydrogen-bond donors (Lipinski definition) is 0. The standard InChI is InChI=1S/C22H18BrN3O7S/c1-31-17-8-10-21(20(12-17)32-2)34(29,30)25-19-9-3-14(23)11-18(19)24-22(25)13-33-16-6-4-15(5-7-16)26(27)28/h3-12H,13H2,1-2H3. The van der Waals surface area contributed by atoms with Crippen LogP contribution in [0.15, 0.2) is 70.0 Å². The minimum Gasteiger partial charge on any atom is -0.497 e. The van der Waals surface area contributed by atoms with Crippen LogP contribution in [0.5, 0.6) is 17.2 Å². The van der Waals surface area contributed by atoms with Gasteiger partial charge in [-0.05, 0) is 42.5 Å². The van der Waals surface area contributed by atoms with Crippen molar-refractivity contribution >= 4 is 42.7 Å².